The summed E-state index contributed by atoms with van der Waals surface area (Å²) in [6, 6.07) is 12.6. The second-order valence-corrected chi connectivity index (χ2v) is 9.69. The van der Waals surface area contributed by atoms with Gasteiger partial charge in [-0.15, -0.1) is 10.2 Å². The van der Waals surface area contributed by atoms with Gasteiger partial charge in [-0.1, -0.05) is 41.1 Å². The van der Waals surface area contributed by atoms with Crippen molar-refractivity contribution >= 4 is 52.0 Å². The van der Waals surface area contributed by atoms with Crippen LogP contribution in [0.5, 0.6) is 0 Å². The van der Waals surface area contributed by atoms with Crippen LogP contribution in [0.25, 0.3) is 0 Å². The standard InChI is InChI=1S/C24H24ClN5O3S/c1-14-8-9-15(2)19(11-14)27-20(31)16-5-4-10-30(13-16)24(33)23-29-28-22(34-23)21(32)26-18-7-3-6-17(25)12-18/h3,6-9,11-12,16H,4-5,10,13H2,1-2H3,(H,26,32)(H,27,31)/t16-/m0/s1. The largest absolute Gasteiger partial charge is 0.336 e. The van der Waals surface area contributed by atoms with Gasteiger partial charge in [0.2, 0.25) is 15.9 Å². The Morgan fingerprint density at radius 1 is 1.06 bits per heavy atom. The Hall–Kier alpha value is -3.30. The van der Waals surface area contributed by atoms with E-state index >= 15 is 0 Å². The van der Waals surface area contributed by atoms with Gasteiger partial charge in [-0.3, -0.25) is 14.4 Å². The van der Waals surface area contributed by atoms with Crippen molar-refractivity contribution in [2.24, 2.45) is 5.92 Å². The quantitative estimate of drug-likeness (QED) is 0.538. The number of carbonyl (C=O) groups is 3. The van der Waals surface area contributed by atoms with Gasteiger partial charge in [-0.25, -0.2) is 0 Å². The lowest BCUT2D eigenvalue weighted by molar-refractivity contribution is -0.121. The molecule has 1 aliphatic heterocycles. The molecular weight excluding hydrogens is 474 g/mol. The third kappa shape index (κ3) is 5.60. The molecule has 0 unspecified atom stereocenters. The molecule has 3 amide bonds. The van der Waals surface area contributed by atoms with Crippen LogP contribution < -0.4 is 10.6 Å². The average molecular weight is 498 g/mol. The van der Waals surface area contributed by atoms with Gasteiger partial charge in [0.25, 0.3) is 11.8 Å². The lowest BCUT2D eigenvalue weighted by Crippen LogP contribution is -2.43. The summed E-state index contributed by atoms with van der Waals surface area (Å²) in [6.07, 6.45) is 1.40. The van der Waals surface area contributed by atoms with E-state index in [1.807, 2.05) is 32.0 Å². The first-order chi connectivity index (χ1) is 16.3. The van der Waals surface area contributed by atoms with Crippen LogP contribution in [-0.2, 0) is 4.79 Å². The minimum absolute atomic E-state index is 0.0737. The number of piperidine rings is 1. The summed E-state index contributed by atoms with van der Waals surface area (Å²) < 4.78 is 0. The Morgan fingerprint density at radius 3 is 2.65 bits per heavy atom. The highest BCUT2D eigenvalue weighted by Gasteiger charge is 2.31. The van der Waals surface area contributed by atoms with Crippen LogP contribution in [0.4, 0.5) is 11.4 Å². The molecule has 0 aliphatic carbocycles. The smallest absolute Gasteiger partial charge is 0.286 e. The number of amides is 3. The first kappa shape index (κ1) is 23.8. The van der Waals surface area contributed by atoms with Gasteiger partial charge in [0.05, 0.1) is 5.92 Å². The topological polar surface area (TPSA) is 104 Å². The zero-order valence-corrected chi connectivity index (χ0v) is 20.4. The Kier molecular flexibility index (Phi) is 7.23. The molecule has 2 N–H and O–H groups in total. The molecular formula is C24H24ClN5O3S. The fraction of sp³-hybridized carbons (Fsp3) is 0.292. The maximum Gasteiger partial charge on any atom is 0.286 e. The summed E-state index contributed by atoms with van der Waals surface area (Å²) in [5.41, 5.74) is 3.36. The van der Waals surface area contributed by atoms with E-state index in [0.29, 0.717) is 36.6 Å². The number of carbonyl (C=O) groups excluding carboxylic acids is 3. The number of hydrogen-bond acceptors (Lipinski definition) is 6. The first-order valence-electron chi connectivity index (χ1n) is 10.9. The minimum atomic E-state index is -0.469. The van der Waals surface area contributed by atoms with E-state index in [0.717, 1.165) is 28.2 Å². The Bertz CT molecular complexity index is 1240. The molecule has 4 rings (SSSR count). The highest BCUT2D eigenvalue weighted by molar-refractivity contribution is 7.15. The maximum absolute atomic E-state index is 13.0. The van der Waals surface area contributed by atoms with Crippen molar-refractivity contribution < 1.29 is 14.4 Å². The Labute approximate surface area is 206 Å². The number of benzene rings is 2. The van der Waals surface area contributed by atoms with E-state index in [-0.39, 0.29) is 27.7 Å². The van der Waals surface area contributed by atoms with Crippen molar-refractivity contribution in [3.05, 3.63) is 68.6 Å². The molecule has 176 valence electrons. The van der Waals surface area contributed by atoms with E-state index in [1.54, 1.807) is 29.2 Å². The third-order valence-corrected chi connectivity index (χ3v) is 6.76. The van der Waals surface area contributed by atoms with Gasteiger partial charge in [-0.05, 0) is 62.1 Å². The summed E-state index contributed by atoms with van der Waals surface area (Å²) >= 11 is 6.87. The van der Waals surface area contributed by atoms with E-state index in [1.165, 1.54) is 0 Å². The first-order valence-corrected chi connectivity index (χ1v) is 12.1. The number of likely N-dealkylation sites (tertiary alicyclic amines) is 1. The van der Waals surface area contributed by atoms with Crippen molar-refractivity contribution in [1.82, 2.24) is 15.1 Å². The van der Waals surface area contributed by atoms with Crippen molar-refractivity contribution in [2.75, 3.05) is 23.7 Å². The predicted octanol–water partition coefficient (Wildman–Crippen LogP) is 4.55. The molecule has 3 aromatic rings. The molecule has 1 aliphatic rings. The molecule has 8 nitrogen and oxygen atoms in total. The van der Waals surface area contributed by atoms with Crippen LogP contribution in [0.1, 0.15) is 43.6 Å². The number of aryl methyl sites for hydroxylation is 2. The highest BCUT2D eigenvalue weighted by Crippen LogP contribution is 2.24. The van der Waals surface area contributed by atoms with Crippen molar-refractivity contribution in [3.8, 4) is 0 Å². The van der Waals surface area contributed by atoms with Crippen LogP contribution >= 0.6 is 22.9 Å². The summed E-state index contributed by atoms with van der Waals surface area (Å²) in [7, 11) is 0. The summed E-state index contributed by atoms with van der Waals surface area (Å²) in [5.74, 6) is -1.23. The van der Waals surface area contributed by atoms with Crippen LogP contribution in [0.3, 0.4) is 0 Å². The van der Waals surface area contributed by atoms with Crippen molar-refractivity contribution in [2.45, 2.75) is 26.7 Å². The molecule has 0 spiro atoms. The highest BCUT2D eigenvalue weighted by atomic mass is 35.5. The number of rotatable bonds is 5. The molecule has 1 fully saturated rings. The van der Waals surface area contributed by atoms with Crippen LogP contribution in [0.2, 0.25) is 5.02 Å². The molecule has 0 radical (unpaired) electrons. The predicted molar refractivity (Wildman–Crippen MR) is 132 cm³/mol. The van der Waals surface area contributed by atoms with Gasteiger partial charge >= 0.3 is 0 Å². The number of hydrogen-bond donors (Lipinski definition) is 2. The summed E-state index contributed by atoms with van der Waals surface area (Å²) in [6.45, 7) is 4.73. The maximum atomic E-state index is 13.0. The fourth-order valence-corrected chi connectivity index (χ4v) is 4.67. The summed E-state index contributed by atoms with van der Waals surface area (Å²) in [5, 5.41) is 14.2. The number of anilines is 2. The number of nitrogens with one attached hydrogen (secondary N) is 2. The Balaban J connectivity index is 1.39. The lowest BCUT2D eigenvalue weighted by atomic mass is 9.96. The van der Waals surface area contributed by atoms with Crippen molar-refractivity contribution in [3.63, 3.8) is 0 Å². The van der Waals surface area contributed by atoms with Gasteiger partial charge in [0, 0.05) is 29.5 Å². The summed E-state index contributed by atoms with van der Waals surface area (Å²) in [4.78, 5) is 40.0. The normalized spacial score (nSPS) is 15.6. The lowest BCUT2D eigenvalue weighted by Gasteiger charge is -2.31. The molecule has 10 heteroatoms. The monoisotopic (exact) mass is 497 g/mol. The van der Waals surface area contributed by atoms with Crippen molar-refractivity contribution in [1.29, 1.82) is 0 Å². The van der Waals surface area contributed by atoms with Gasteiger partial charge in [0.1, 0.15) is 0 Å². The van der Waals surface area contributed by atoms with E-state index < -0.39 is 5.91 Å². The van der Waals surface area contributed by atoms with Gasteiger partial charge in [0.15, 0.2) is 0 Å². The molecule has 2 heterocycles. The fourth-order valence-electron chi connectivity index (χ4n) is 3.77. The molecule has 34 heavy (non-hydrogen) atoms. The Morgan fingerprint density at radius 2 is 1.85 bits per heavy atom. The third-order valence-electron chi connectivity index (χ3n) is 5.62. The SMILES string of the molecule is Cc1ccc(C)c(NC(=O)[C@H]2CCCN(C(=O)c3nnc(C(=O)Nc4cccc(Cl)c4)s3)C2)c1. The molecule has 0 bridgehead atoms. The second-order valence-electron chi connectivity index (χ2n) is 8.27. The average Bonchev–Trinajstić information content (AvgIpc) is 3.31. The van der Waals surface area contributed by atoms with Crippen LogP contribution in [-0.4, -0.2) is 45.9 Å². The molecule has 1 aromatic heterocycles. The number of aromatic nitrogens is 2. The molecule has 1 saturated heterocycles. The van der Waals surface area contributed by atoms with Crippen LogP contribution in [0.15, 0.2) is 42.5 Å². The number of halogens is 1. The zero-order chi connectivity index (χ0) is 24.2. The van der Waals surface area contributed by atoms with E-state index in [2.05, 4.69) is 20.8 Å². The number of nitrogens with zero attached hydrogens (tertiary/aromatic N) is 3. The van der Waals surface area contributed by atoms with E-state index in [4.69, 9.17) is 11.6 Å². The molecule has 2 aromatic carbocycles. The van der Waals surface area contributed by atoms with E-state index in [9.17, 15) is 14.4 Å². The second kappa shape index (κ2) is 10.3. The minimum Gasteiger partial charge on any atom is -0.336 e. The van der Waals surface area contributed by atoms with Gasteiger partial charge < -0.3 is 15.5 Å². The molecule has 0 saturated carbocycles. The molecule has 1 atom stereocenters. The van der Waals surface area contributed by atoms with Crippen LogP contribution in [0, 0.1) is 19.8 Å². The zero-order valence-electron chi connectivity index (χ0n) is 18.8. The van der Waals surface area contributed by atoms with Gasteiger partial charge in [-0.2, -0.15) is 0 Å².